The number of pyridine rings is 1. The molecule has 0 unspecified atom stereocenters. The first-order chi connectivity index (χ1) is 15.2. The van der Waals surface area contributed by atoms with Gasteiger partial charge < -0.3 is 9.67 Å². The van der Waals surface area contributed by atoms with Crippen LogP contribution >= 0.6 is 34.8 Å². The highest BCUT2D eigenvalue weighted by Gasteiger charge is 2.23. The second-order valence-corrected chi connectivity index (χ2v) is 9.62. The molecule has 2 heterocycles. The van der Waals surface area contributed by atoms with E-state index in [1.807, 2.05) is 0 Å². The Bertz CT molecular complexity index is 1470. The summed E-state index contributed by atoms with van der Waals surface area (Å²) >= 11 is 18.1. The molecule has 0 saturated carbocycles. The lowest BCUT2D eigenvalue weighted by atomic mass is 10.2. The van der Waals surface area contributed by atoms with E-state index in [2.05, 4.69) is 9.71 Å². The smallest absolute Gasteiger partial charge is 0.352 e. The van der Waals surface area contributed by atoms with Crippen LogP contribution in [0.4, 0.5) is 5.69 Å². The Balaban J connectivity index is 1.81. The summed E-state index contributed by atoms with van der Waals surface area (Å²) in [5, 5.41) is 10.5. The first-order valence-electron chi connectivity index (χ1n) is 9.10. The zero-order valence-electron chi connectivity index (χ0n) is 16.1. The number of sulfonamides is 1. The van der Waals surface area contributed by atoms with Crippen molar-refractivity contribution in [3.8, 4) is 0 Å². The molecule has 4 rings (SSSR count). The van der Waals surface area contributed by atoms with Gasteiger partial charge in [-0.15, -0.1) is 0 Å². The van der Waals surface area contributed by atoms with Crippen LogP contribution in [0, 0.1) is 0 Å². The Labute approximate surface area is 198 Å². The van der Waals surface area contributed by atoms with Crippen molar-refractivity contribution < 1.29 is 18.3 Å². The highest BCUT2D eigenvalue weighted by Crippen LogP contribution is 2.31. The predicted octanol–water partition coefficient (Wildman–Crippen LogP) is 5.54. The second-order valence-electron chi connectivity index (χ2n) is 6.80. The molecule has 0 amide bonds. The van der Waals surface area contributed by atoms with Crippen molar-refractivity contribution in [2.45, 2.75) is 11.6 Å². The van der Waals surface area contributed by atoms with Crippen LogP contribution < -0.4 is 4.72 Å². The van der Waals surface area contributed by atoms with E-state index >= 15 is 0 Å². The molecule has 2 aromatic carbocycles. The lowest BCUT2D eigenvalue weighted by Crippen LogP contribution is -2.15. The lowest BCUT2D eigenvalue weighted by molar-refractivity contribution is 0.0686. The molecule has 32 heavy (non-hydrogen) atoms. The lowest BCUT2D eigenvalue weighted by Gasteiger charge is -2.12. The minimum atomic E-state index is -4.11. The van der Waals surface area contributed by atoms with Gasteiger partial charge in [0.25, 0.3) is 10.0 Å². The average Bonchev–Trinajstić information content (AvgIpc) is 3.10. The van der Waals surface area contributed by atoms with Gasteiger partial charge in [0.1, 0.15) is 5.69 Å². The van der Waals surface area contributed by atoms with Gasteiger partial charge in [0.15, 0.2) is 5.03 Å². The van der Waals surface area contributed by atoms with E-state index in [-0.39, 0.29) is 28.0 Å². The summed E-state index contributed by atoms with van der Waals surface area (Å²) < 4.78 is 29.7. The number of nitrogens with one attached hydrogen (secondary N) is 1. The number of aromatic carboxylic acids is 1. The molecule has 0 saturated heterocycles. The van der Waals surface area contributed by atoms with Crippen molar-refractivity contribution in [2.24, 2.45) is 0 Å². The number of carbonyl (C=O) groups is 1. The Hall–Kier alpha value is -2.78. The van der Waals surface area contributed by atoms with Crippen molar-refractivity contribution in [3.63, 3.8) is 0 Å². The molecule has 0 spiro atoms. The van der Waals surface area contributed by atoms with Crippen molar-refractivity contribution in [1.29, 1.82) is 0 Å². The number of halogens is 3. The fourth-order valence-electron chi connectivity index (χ4n) is 3.30. The van der Waals surface area contributed by atoms with E-state index in [4.69, 9.17) is 34.8 Å². The quantitative estimate of drug-likeness (QED) is 0.354. The molecule has 4 aromatic rings. The van der Waals surface area contributed by atoms with Crippen molar-refractivity contribution in [3.05, 3.63) is 87.1 Å². The van der Waals surface area contributed by atoms with E-state index < -0.39 is 16.0 Å². The van der Waals surface area contributed by atoms with Gasteiger partial charge in [-0.2, -0.15) is 8.42 Å². The van der Waals surface area contributed by atoms with Crippen molar-refractivity contribution in [2.75, 3.05) is 4.72 Å². The number of nitrogens with zero attached hydrogens (tertiary/aromatic N) is 2. The molecular weight excluding hydrogens is 497 g/mol. The maximum atomic E-state index is 12.8. The summed E-state index contributed by atoms with van der Waals surface area (Å²) in [6.07, 6.45) is 1.32. The summed E-state index contributed by atoms with van der Waals surface area (Å²) in [4.78, 5) is 15.8. The number of benzene rings is 2. The molecule has 0 aliphatic carbocycles. The number of aromatic nitrogens is 2. The minimum absolute atomic E-state index is 0.0198. The standard InChI is InChI=1S/C21H14Cl3N3O4S/c22-14-7-6-12(9-16(14)24)11-27-18-5-1-4-17(13(18)10-19(27)21(28)29)26-32(30,31)20-15(23)3-2-8-25-20/h1-10,26H,11H2,(H,28,29). The van der Waals surface area contributed by atoms with Crippen LogP contribution in [-0.4, -0.2) is 29.0 Å². The summed E-state index contributed by atoms with van der Waals surface area (Å²) in [7, 11) is -4.11. The van der Waals surface area contributed by atoms with E-state index in [9.17, 15) is 18.3 Å². The van der Waals surface area contributed by atoms with Crippen molar-refractivity contribution in [1.82, 2.24) is 9.55 Å². The fourth-order valence-corrected chi connectivity index (χ4v) is 5.14. The maximum Gasteiger partial charge on any atom is 0.352 e. The Kier molecular flexibility index (Phi) is 6.05. The summed E-state index contributed by atoms with van der Waals surface area (Å²) in [5.41, 5.74) is 1.42. The van der Waals surface area contributed by atoms with Crippen LogP contribution in [0.1, 0.15) is 16.1 Å². The summed E-state index contributed by atoms with van der Waals surface area (Å²) in [6, 6.07) is 14.2. The van der Waals surface area contributed by atoms with E-state index in [0.717, 1.165) is 5.56 Å². The highest BCUT2D eigenvalue weighted by molar-refractivity contribution is 7.92. The first-order valence-corrected chi connectivity index (χ1v) is 11.7. The first kappa shape index (κ1) is 22.4. The Morgan fingerprint density at radius 3 is 2.47 bits per heavy atom. The number of anilines is 1. The van der Waals surface area contributed by atoms with Gasteiger partial charge in [-0.25, -0.2) is 9.78 Å². The SMILES string of the molecule is O=C(O)c1cc2c(NS(=O)(=O)c3ncccc3Cl)cccc2n1Cc1ccc(Cl)c(Cl)c1. The number of hydrogen-bond acceptors (Lipinski definition) is 4. The van der Waals surface area contributed by atoms with Gasteiger partial charge in [-0.05, 0) is 48.0 Å². The molecule has 2 N–H and O–H groups in total. The topological polar surface area (TPSA) is 101 Å². The molecule has 164 valence electrons. The number of carboxylic acids is 1. The van der Waals surface area contributed by atoms with Crippen LogP contribution in [0.15, 0.2) is 65.8 Å². The van der Waals surface area contributed by atoms with Gasteiger partial charge in [0.05, 0.1) is 26.3 Å². The van der Waals surface area contributed by atoms with Crippen molar-refractivity contribution >= 4 is 67.4 Å². The van der Waals surface area contributed by atoms with E-state index in [1.54, 1.807) is 34.9 Å². The molecule has 0 atom stereocenters. The van der Waals surface area contributed by atoms with Gasteiger partial charge in [0.2, 0.25) is 0 Å². The Morgan fingerprint density at radius 1 is 1.00 bits per heavy atom. The van der Waals surface area contributed by atoms with Crippen LogP contribution in [0.3, 0.4) is 0 Å². The summed E-state index contributed by atoms with van der Waals surface area (Å²) in [6.45, 7) is 0.185. The Morgan fingerprint density at radius 2 is 1.78 bits per heavy atom. The van der Waals surface area contributed by atoms with Gasteiger partial charge >= 0.3 is 5.97 Å². The average molecular weight is 511 g/mol. The number of carboxylic acid groups (broad SMARTS) is 1. The highest BCUT2D eigenvalue weighted by atomic mass is 35.5. The van der Waals surface area contributed by atoms with E-state index in [0.29, 0.717) is 20.9 Å². The summed E-state index contributed by atoms with van der Waals surface area (Å²) in [5.74, 6) is -1.16. The van der Waals surface area contributed by atoms with E-state index in [1.165, 1.54) is 30.5 Å². The third-order valence-electron chi connectivity index (χ3n) is 4.71. The number of hydrogen-bond donors (Lipinski definition) is 2. The molecule has 2 aromatic heterocycles. The van der Waals surface area contributed by atoms with Gasteiger partial charge in [-0.1, -0.05) is 46.9 Å². The maximum absolute atomic E-state index is 12.8. The third-order valence-corrected chi connectivity index (χ3v) is 7.19. The predicted molar refractivity (Wildman–Crippen MR) is 125 cm³/mol. The molecule has 0 radical (unpaired) electrons. The normalized spacial score (nSPS) is 11.6. The molecular formula is C21H14Cl3N3O4S. The molecule has 7 nitrogen and oxygen atoms in total. The monoisotopic (exact) mass is 509 g/mol. The zero-order chi connectivity index (χ0) is 23.0. The second kappa shape index (κ2) is 8.63. The van der Waals surface area contributed by atoms with Crippen LogP contribution in [0.2, 0.25) is 15.1 Å². The molecule has 0 aliphatic heterocycles. The largest absolute Gasteiger partial charge is 0.477 e. The van der Waals surface area contributed by atoms with Gasteiger partial charge in [0, 0.05) is 18.1 Å². The van der Waals surface area contributed by atoms with Crippen LogP contribution in [-0.2, 0) is 16.6 Å². The zero-order valence-corrected chi connectivity index (χ0v) is 19.2. The van der Waals surface area contributed by atoms with Gasteiger partial charge in [-0.3, -0.25) is 4.72 Å². The van der Waals surface area contributed by atoms with Crippen LogP contribution in [0.5, 0.6) is 0 Å². The molecule has 11 heteroatoms. The van der Waals surface area contributed by atoms with Crippen LogP contribution in [0.25, 0.3) is 10.9 Å². The minimum Gasteiger partial charge on any atom is -0.477 e. The molecule has 0 fully saturated rings. The molecule has 0 aliphatic rings. The number of rotatable bonds is 6. The number of fused-ring (bicyclic) bond motifs is 1. The molecule has 0 bridgehead atoms. The third kappa shape index (κ3) is 4.27. The fraction of sp³-hybridized carbons (Fsp3) is 0.0476.